The average molecular weight is 332 g/mol. The molecule has 1 atom stereocenters. The monoisotopic (exact) mass is 330 g/mol. The zero-order valence-electron chi connectivity index (χ0n) is 10.5. The Morgan fingerprint density at radius 2 is 2.22 bits per heavy atom. The molecule has 2 rings (SSSR count). The molecule has 1 aromatic carbocycles. The van der Waals surface area contributed by atoms with Crippen LogP contribution >= 0.6 is 27.5 Å². The van der Waals surface area contributed by atoms with E-state index in [0.29, 0.717) is 6.04 Å². The second-order valence-electron chi connectivity index (χ2n) is 4.93. The Labute approximate surface area is 123 Å². The lowest BCUT2D eigenvalue weighted by atomic mass is 9.98. The van der Waals surface area contributed by atoms with Gasteiger partial charge in [-0.25, -0.2) is 0 Å². The number of nitrogens with two attached hydrogens (primary N) is 1. The smallest absolute Gasteiger partial charge is 0.0462 e. The minimum Gasteiger partial charge on any atom is -0.330 e. The summed E-state index contributed by atoms with van der Waals surface area (Å²) >= 11 is 9.74. The molecule has 1 heterocycles. The van der Waals surface area contributed by atoms with Gasteiger partial charge in [-0.2, -0.15) is 0 Å². The van der Waals surface area contributed by atoms with Gasteiger partial charge in [0.1, 0.15) is 0 Å². The third-order valence-electron chi connectivity index (χ3n) is 3.64. The molecule has 0 amide bonds. The number of halogens is 2. The van der Waals surface area contributed by atoms with E-state index in [1.807, 2.05) is 6.07 Å². The van der Waals surface area contributed by atoms with Crippen molar-refractivity contribution in [2.45, 2.75) is 38.3 Å². The molecule has 0 bridgehead atoms. The first-order valence-corrected chi connectivity index (χ1v) is 7.76. The fourth-order valence-corrected chi connectivity index (χ4v) is 3.39. The molecule has 0 saturated carbocycles. The first-order chi connectivity index (χ1) is 8.70. The normalized spacial score (nSPS) is 21.2. The minimum atomic E-state index is 0.628. The number of rotatable bonds is 4. The van der Waals surface area contributed by atoms with Crippen LogP contribution in [0.5, 0.6) is 0 Å². The summed E-state index contributed by atoms with van der Waals surface area (Å²) in [4.78, 5) is 2.53. The summed E-state index contributed by atoms with van der Waals surface area (Å²) in [6, 6.07) is 6.77. The molecule has 1 unspecified atom stereocenters. The number of hydrogen-bond acceptors (Lipinski definition) is 2. The summed E-state index contributed by atoms with van der Waals surface area (Å²) in [6.07, 6.45) is 4.98. The molecule has 0 aliphatic carbocycles. The molecule has 1 aliphatic heterocycles. The van der Waals surface area contributed by atoms with Crippen molar-refractivity contribution in [2.24, 2.45) is 5.73 Å². The Hall–Kier alpha value is -0.0900. The summed E-state index contributed by atoms with van der Waals surface area (Å²) in [7, 11) is 0. The number of hydrogen-bond donors (Lipinski definition) is 1. The van der Waals surface area contributed by atoms with Crippen LogP contribution in [0.25, 0.3) is 0 Å². The summed E-state index contributed by atoms with van der Waals surface area (Å²) in [5.41, 5.74) is 6.92. The Morgan fingerprint density at radius 1 is 1.39 bits per heavy atom. The molecule has 0 aromatic heterocycles. The lowest BCUT2D eigenvalue weighted by molar-refractivity contribution is 0.134. The standard InChI is InChI=1S/C14H20BrClN2/c15-12-5-4-11(14(16)9-12)10-18-8-2-1-3-13(18)6-7-17/h4-5,9,13H,1-3,6-8,10,17H2. The van der Waals surface area contributed by atoms with Gasteiger partial charge in [0.25, 0.3) is 0 Å². The van der Waals surface area contributed by atoms with E-state index in [4.69, 9.17) is 17.3 Å². The fourth-order valence-electron chi connectivity index (χ4n) is 2.66. The van der Waals surface area contributed by atoms with Gasteiger partial charge in [0.05, 0.1) is 0 Å². The summed E-state index contributed by atoms with van der Waals surface area (Å²) in [5.74, 6) is 0. The van der Waals surface area contributed by atoms with Crippen molar-refractivity contribution in [3.05, 3.63) is 33.3 Å². The molecule has 18 heavy (non-hydrogen) atoms. The van der Waals surface area contributed by atoms with Crippen molar-refractivity contribution in [3.63, 3.8) is 0 Å². The molecule has 4 heteroatoms. The fraction of sp³-hybridized carbons (Fsp3) is 0.571. The van der Waals surface area contributed by atoms with Gasteiger partial charge in [-0.3, -0.25) is 4.90 Å². The van der Waals surface area contributed by atoms with Gasteiger partial charge in [0.15, 0.2) is 0 Å². The van der Waals surface area contributed by atoms with Gasteiger partial charge in [-0.15, -0.1) is 0 Å². The van der Waals surface area contributed by atoms with Crippen LogP contribution in [0.4, 0.5) is 0 Å². The van der Waals surface area contributed by atoms with Crippen LogP contribution in [0.2, 0.25) is 5.02 Å². The highest BCUT2D eigenvalue weighted by Gasteiger charge is 2.22. The molecule has 2 nitrogen and oxygen atoms in total. The Kier molecular flexibility index (Phi) is 5.49. The van der Waals surface area contributed by atoms with E-state index in [9.17, 15) is 0 Å². The lowest BCUT2D eigenvalue weighted by Crippen LogP contribution is -2.40. The predicted octanol–water partition coefficient (Wildman–Crippen LogP) is 3.81. The van der Waals surface area contributed by atoms with E-state index >= 15 is 0 Å². The quantitative estimate of drug-likeness (QED) is 0.909. The highest BCUT2D eigenvalue weighted by Crippen LogP contribution is 2.26. The molecule has 1 aliphatic rings. The van der Waals surface area contributed by atoms with Crippen LogP contribution in [0.15, 0.2) is 22.7 Å². The third kappa shape index (κ3) is 3.70. The van der Waals surface area contributed by atoms with E-state index < -0.39 is 0 Å². The second kappa shape index (κ2) is 6.90. The zero-order chi connectivity index (χ0) is 13.0. The lowest BCUT2D eigenvalue weighted by Gasteiger charge is -2.35. The molecule has 1 fully saturated rings. The summed E-state index contributed by atoms with van der Waals surface area (Å²) in [6.45, 7) is 2.88. The third-order valence-corrected chi connectivity index (χ3v) is 4.48. The van der Waals surface area contributed by atoms with Gasteiger partial charge in [0.2, 0.25) is 0 Å². The molecule has 1 saturated heterocycles. The highest BCUT2D eigenvalue weighted by atomic mass is 79.9. The molecule has 0 spiro atoms. The predicted molar refractivity (Wildman–Crippen MR) is 80.9 cm³/mol. The Balaban J connectivity index is 2.06. The van der Waals surface area contributed by atoms with Crippen molar-refractivity contribution in [1.82, 2.24) is 4.90 Å². The van der Waals surface area contributed by atoms with Crippen LogP contribution in [0.1, 0.15) is 31.2 Å². The first-order valence-electron chi connectivity index (χ1n) is 6.58. The van der Waals surface area contributed by atoms with Gasteiger partial charge in [-0.05, 0) is 50.0 Å². The van der Waals surface area contributed by atoms with Gasteiger partial charge < -0.3 is 5.73 Å². The maximum Gasteiger partial charge on any atom is 0.0462 e. The second-order valence-corrected chi connectivity index (χ2v) is 6.26. The molecular formula is C14H20BrClN2. The van der Waals surface area contributed by atoms with Gasteiger partial charge in [-0.1, -0.05) is 40.0 Å². The van der Waals surface area contributed by atoms with E-state index in [0.717, 1.165) is 35.6 Å². The van der Waals surface area contributed by atoms with Crippen molar-refractivity contribution in [3.8, 4) is 0 Å². The Bertz CT molecular complexity index is 395. The van der Waals surface area contributed by atoms with E-state index in [2.05, 4.69) is 33.0 Å². The SMILES string of the molecule is NCCC1CCCCN1Cc1ccc(Br)cc1Cl. The zero-order valence-corrected chi connectivity index (χ0v) is 12.9. The van der Waals surface area contributed by atoms with Crippen molar-refractivity contribution < 1.29 is 0 Å². The largest absolute Gasteiger partial charge is 0.330 e. The maximum atomic E-state index is 6.29. The summed E-state index contributed by atoms with van der Waals surface area (Å²) < 4.78 is 1.04. The molecular weight excluding hydrogens is 312 g/mol. The molecule has 100 valence electrons. The van der Waals surface area contributed by atoms with Crippen molar-refractivity contribution >= 4 is 27.5 Å². The van der Waals surface area contributed by atoms with E-state index in [1.165, 1.54) is 24.8 Å². The van der Waals surface area contributed by atoms with Crippen LogP contribution in [-0.4, -0.2) is 24.0 Å². The van der Waals surface area contributed by atoms with Gasteiger partial charge in [0, 0.05) is 22.1 Å². The Morgan fingerprint density at radius 3 is 2.94 bits per heavy atom. The van der Waals surface area contributed by atoms with Crippen LogP contribution in [0.3, 0.4) is 0 Å². The first kappa shape index (κ1) is 14.3. The van der Waals surface area contributed by atoms with Crippen LogP contribution in [0, 0.1) is 0 Å². The summed E-state index contributed by atoms with van der Waals surface area (Å²) in [5, 5.41) is 0.849. The number of piperidine rings is 1. The molecule has 1 aromatic rings. The van der Waals surface area contributed by atoms with Gasteiger partial charge >= 0.3 is 0 Å². The van der Waals surface area contributed by atoms with Crippen molar-refractivity contribution in [2.75, 3.05) is 13.1 Å². The van der Waals surface area contributed by atoms with E-state index in [1.54, 1.807) is 0 Å². The number of nitrogens with zero attached hydrogens (tertiary/aromatic N) is 1. The highest BCUT2D eigenvalue weighted by molar-refractivity contribution is 9.10. The van der Waals surface area contributed by atoms with E-state index in [-0.39, 0.29) is 0 Å². The minimum absolute atomic E-state index is 0.628. The number of likely N-dealkylation sites (tertiary alicyclic amines) is 1. The van der Waals surface area contributed by atoms with Crippen LogP contribution < -0.4 is 5.73 Å². The number of benzene rings is 1. The maximum absolute atomic E-state index is 6.29. The van der Waals surface area contributed by atoms with Crippen LogP contribution in [-0.2, 0) is 6.54 Å². The molecule has 0 radical (unpaired) electrons. The average Bonchev–Trinajstić information content (AvgIpc) is 2.35. The molecule has 2 N–H and O–H groups in total. The van der Waals surface area contributed by atoms with Crippen molar-refractivity contribution in [1.29, 1.82) is 0 Å². The topological polar surface area (TPSA) is 29.3 Å².